The van der Waals surface area contributed by atoms with Gasteiger partial charge < -0.3 is 15.0 Å². The number of carbonyl (C=O) groups excluding carboxylic acids is 1. The molecule has 1 fully saturated rings. The zero-order chi connectivity index (χ0) is 18.7. The molecule has 1 aromatic carbocycles. The SMILES string of the molecule is CC(C)n1c(C2CCCN(CC(=O)NCC(=O)O)C2)nc2ccccc21. The maximum Gasteiger partial charge on any atom is 0.322 e. The Labute approximate surface area is 153 Å². The molecule has 0 saturated carbocycles. The van der Waals surface area contributed by atoms with Gasteiger partial charge in [0.05, 0.1) is 17.6 Å². The number of aliphatic carboxylic acids is 1. The van der Waals surface area contributed by atoms with Crippen LogP contribution >= 0.6 is 0 Å². The van der Waals surface area contributed by atoms with E-state index in [1.54, 1.807) is 0 Å². The van der Waals surface area contributed by atoms with Crippen LogP contribution < -0.4 is 5.32 Å². The monoisotopic (exact) mass is 358 g/mol. The number of imidazole rings is 1. The molecular formula is C19H26N4O3. The molecule has 0 aliphatic carbocycles. The summed E-state index contributed by atoms with van der Waals surface area (Å²) >= 11 is 0. The van der Waals surface area contributed by atoms with Gasteiger partial charge >= 0.3 is 5.97 Å². The van der Waals surface area contributed by atoms with E-state index in [2.05, 4.69) is 34.7 Å². The fraction of sp³-hybridized carbons (Fsp3) is 0.526. The Morgan fingerprint density at radius 1 is 1.35 bits per heavy atom. The van der Waals surface area contributed by atoms with Crippen molar-refractivity contribution in [2.75, 3.05) is 26.2 Å². The first kappa shape index (κ1) is 18.4. The van der Waals surface area contributed by atoms with Crippen molar-refractivity contribution in [3.63, 3.8) is 0 Å². The lowest BCUT2D eigenvalue weighted by molar-refractivity contribution is -0.138. The number of likely N-dealkylation sites (tertiary alicyclic amines) is 1. The lowest BCUT2D eigenvalue weighted by Crippen LogP contribution is -2.43. The predicted octanol–water partition coefficient (Wildman–Crippen LogP) is 2.00. The molecule has 1 aliphatic rings. The summed E-state index contributed by atoms with van der Waals surface area (Å²) in [5, 5.41) is 11.1. The first-order valence-electron chi connectivity index (χ1n) is 9.13. The molecule has 140 valence electrons. The number of amides is 1. The molecule has 1 atom stereocenters. The van der Waals surface area contributed by atoms with Crippen molar-refractivity contribution < 1.29 is 14.7 Å². The molecule has 1 saturated heterocycles. The molecule has 2 N–H and O–H groups in total. The topological polar surface area (TPSA) is 87.5 Å². The quantitative estimate of drug-likeness (QED) is 0.825. The summed E-state index contributed by atoms with van der Waals surface area (Å²) in [6, 6.07) is 8.49. The zero-order valence-corrected chi connectivity index (χ0v) is 15.3. The van der Waals surface area contributed by atoms with Crippen LogP contribution in [-0.4, -0.2) is 57.6 Å². The molecule has 0 radical (unpaired) electrons. The van der Waals surface area contributed by atoms with Crippen molar-refractivity contribution in [1.29, 1.82) is 0 Å². The molecule has 1 unspecified atom stereocenters. The third-order valence-corrected chi connectivity index (χ3v) is 4.81. The van der Waals surface area contributed by atoms with Crippen LogP contribution in [0.4, 0.5) is 0 Å². The minimum absolute atomic E-state index is 0.228. The van der Waals surface area contributed by atoms with E-state index in [1.165, 1.54) is 0 Å². The molecule has 1 aliphatic heterocycles. The second kappa shape index (κ2) is 7.86. The van der Waals surface area contributed by atoms with Crippen LogP contribution in [0.2, 0.25) is 0 Å². The lowest BCUT2D eigenvalue weighted by Gasteiger charge is -2.32. The molecule has 1 amide bonds. The molecular weight excluding hydrogens is 332 g/mol. The Hall–Kier alpha value is -2.41. The Balaban J connectivity index is 1.75. The largest absolute Gasteiger partial charge is 0.480 e. The van der Waals surface area contributed by atoms with Crippen molar-refractivity contribution in [3.05, 3.63) is 30.1 Å². The highest BCUT2D eigenvalue weighted by Gasteiger charge is 2.27. The third kappa shape index (κ3) is 4.04. The minimum atomic E-state index is -1.03. The summed E-state index contributed by atoms with van der Waals surface area (Å²) in [7, 11) is 0. The molecule has 0 spiro atoms. The van der Waals surface area contributed by atoms with Gasteiger partial charge in [-0.3, -0.25) is 14.5 Å². The molecule has 0 bridgehead atoms. The lowest BCUT2D eigenvalue weighted by atomic mass is 9.97. The summed E-state index contributed by atoms with van der Waals surface area (Å²) in [4.78, 5) is 29.5. The number of piperidine rings is 1. The smallest absolute Gasteiger partial charge is 0.322 e. The van der Waals surface area contributed by atoms with E-state index >= 15 is 0 Å². The number of rotatable bonds is 6. The average Bonchev–Trinajstić information content (AvgIpc) is 3.00. The van der Waals surface area contributed by atoms with Crippen molar-refractivity contribution in [2.45, 2.75) is 38.6 Å². The number of carboxylic acid groups (broad SMARTS) is 1. The van der Waals surface area contributed by atoms with Crippen LogP contribution in [0.15, 0.2) is 24.3 Å². The summed E-state index contributed by atoms with van der Waals surface area (Å²) in [5.41, 5.74) is 2.15. The number of carbonyl (C=O) groups is 2. The van der Waals surface area contributed by atoms with Crippen LogP contribution in [0.3, 0.4) is 0 Å². The number of carboxylic acids is 1. The van der Waals surface area contributed by atoms with Crippen LogP contribution in [0.5, 0.6) is 0 Å². The van der Waals surface area contributed by atoms with Gasteiger partial charge in [0, 0.05) is 18.5 Å². The maximum atomic E-state index is 11.9. The van der Waals surface area contributed by atoms with E-state index in [0.29, 0.717) is 6.04 Å². The van der Waals surface area contributed by atoms with Crippen LogP contribution in [-0.2, 0) is 9.59 Å². The van der Waals surface area contributed by atoms with Gasteiger partial charge in [-0.2, -0.15) is 0 Å². The second-order valence-corrected chi connectivity index (χ2v) is 7.17. The highest BCUT2D eigenvalue weighted by atomic mass is 16.4. The van der Waals surface area contributed by atoms with Gasteiger partial charge in [-0.15, -0.1) is 0 Å². The summed E-state index contributed by atoms with van der Waals surface area (Å²) in [5.74, 6) is 0.0774. The highest BCUT2D eigenvalue weighted by Crippen LogP contribution is 2.31. The number of aromatic nitrogens is 2. The van der Waals surface area contributed by atoms with E-state index in [0.717, 1.165) is 42.8 Å². The van der Waals surface area contributed by atoms with E-state index in [-0.39, 0.29) is 24.9 Å². The summed E-state index contributed by atoms with van der Waals surface area (Å²) in [6.45, 7) is 5.83. The number of para-hydroxylation sites is 2. The Kier molecular flexibility index (Phi) is 5.56. The van der Waals surface area contributed by atoms with Gasteiger partial charge in [0.1, 0.15) is 12.4 Å². The Morgan fingerprint density at radius 3 is 2.85 bits per heavy atom. The van der Waals surface area contributed by atoms with Gasteiger partial charge in [-0.25, -0.2) is 4.98 Å². The van der Waals surface area contributed by atoms with Gasteiger partial charge in [0.15, 0.2) is 0 Å². The highest BCUT2D eigenvalue weighted by molar-refractivity contribution is 5.82. The van der Waals surface area contributed by atoms with Crippen molar-refractivity contribution in [2.24, 2.45) is 0 Å². The van der Waals surface area contributed by atoms with Crippen LogP contribution in [0.25, 0.3) is 11.0 Å². The maximum absolute atomic E-state index is 11.9. The molecule has 26 heavy (non-hydrogen) atoms. The van der Waals surface area contributed by atoms with Crippen molar-refractivity contribution in [3.8, 4) is 0 Å². The minimum Gasteiger partial charge on any atom is -0.480 e. The average molecular weight is 358 g/mol. The normalized spacial score (nSPS) is 18.3. The van der Waals surface area contributed by atoms with Crippen LogP contribution in [0.1, 0.15) is 44.5 Å². The predicted molar refractivity (Wildman–Crippen MR) is 99.2 cm³/mol. The Bertz CT molecular complexity index is 799. The molecule has 7 nitrogen and oxygen atoms in total. The standard InChI is InChI=1S/C19H26N4O3/c1-13(2)23-16-8-4-3-7-15(16)21-19(23)14-6-5-9-22(11-14)12-17(24)20-10-18(25)26/h3-4,7-8,13-14H,5-6,9-12H2,1-2H3,(H,20,24)(H,25,26). The van der Waals surface area contributed by atoms with Crippen molar-refractivity contribution >= 4 is 22.9 Å². The molecule has 3 rings (SSSR count). The van der Waals surface area contributed by atoms with Gasteiger partial charge in [0.2, 0.25) is 5.91 Å². The first-order valence-corrected chi connectivity index (χ1v) is 9.13. The number of nitrogens with zero attached hydrogens (tertiary/aromatic N) is 3. The molecule has 1 aromatic heterocycles. The van der Waals surface area contributed by atoms with E-state index in [1.807, 2.05) is 18.2 Å². The van der Waals surface area contributed by atoms with Gasteiger partial charge in [-0.05, 0) is 45.4 Å². The Morgan fingerprint density at radius 2 is 2.12 bits per heavy atom. The summed E-state index contributed by atoms with van der Waals surface area (Å²) in [6.07, 6.45) is 2.04. The second-order valence-electron chi connectivity index (χ2n) is 7.17. The van der Waals surface area contributed by atoms with Crippen molar-refractivity contribution in [1.82, 2.24) is 19.8 Å². The van der Waals surface area contributed by atoms with Gasteiger partial charge in [-0.1, -0.05) is 12.1 Å². The number of hydrogen-bond acceptors (Lipinski definition) is 4. The van der Waals surface area contributed by atoms with E-state index < -0.39 is 5.97 Å². The zero-order valence-electron chi connectivity index (χ0n) is 15.3. The van der Waals surface area contributed by atoms with Gasteiger partial charge in [0.25, 0.3) is 0 Å². The number of hydrogen-bond donors (Lipinski definition) is 2. The molecule has 7 heteroatoms. The van der Waals surface area contributed by atoms with E-state index in [4.69, 9.17) is 10.1 Å². The van der Waals surface area contributed by atoms with E-state index in [9.17, 15) is 9.59 Å². The molecule has 2 heterocycles. The number of benzene rings is 1. The third-order valence-electron chi connectivity index (χ3n) is 4.81. The van der Waals surface area contributed by atoms with Crippen LogP contribution in [0, 0.1) is 0 Å². The molecule has 2 aromatic rings. The number of nitrogens with one attached hydrogen (secondary N) is 1. The first-order chi connectivity index (χ1) is 12.5. The summed E-state index contributed by atoms with van der Waals surface area (Å²) < 4.78 is 2.30. The fourth-order valence-electron chi connectivity index (χ4n) is 3.74. The fourth-order valence-corrected chi connectivity index (χ4v) is 3.74. The number of fused-ring (bicyclic) bond motifs is 1.